The summed E-state index contributed by atoms with van der Waals surface area (Å²) in [5.74, 6) is 0.187. The third-order valence-corrected chi connectivity index (χ3v) is 7.23. The largest absolute Gasteiger partial charge is 0.265 e. The lowest BCUT2D eigenvalue weighted by Crippen LogP contribution is -2.15. The molecule has 10 heteroatoms. The number of rotatable bonds is 5. The van der Waals surface area contributed by atoms with Crippen LogP contribution in [0.1, 0.15) is 16.7 Å². The molecule has 3 rings (SSSR count). The quantitative estimate of drug-likeness (QED) is 0.441. The number of hydrogen-bond acceptors (Lipinski definition) is 3. The Hall–Kier alpha value is -1.25. The van der Waals surface area contributed by atoms with E-state index in [2.05, 4.69) is 25.8 Å². The number of aryl methyl sites for hydroxylation is 2. The summed E-state index contributed by atoms with van der Waals surface area (Å²) in [5, 5.41) is 5.74. The monoisotopic (exact) mass is 521 g/mol. The summed E-state index contributed by atoms with van der Waals surface area (Å²) in [4.78, 5) is 0.153. The van der Waals surface area contributed by atoms with Gasteiger partial charge in [-0.25, -0.2) is 8.42 Å². The summed E-state index contributed by atoms with van der Waals surface area (Å²) in [7, 11) is -3.83. The Balaban J connectivity index is 1.87. The van der Waals surface area contributed by atoms with Gasteiger partial charge in [0.1, 0.15) is 0 Å². The van der Waals surface area contributed by atoms with Gasteiger partial charge in [0.25, 0.3) is 10.0 Å². The van der Waals surface area contributed by atoms with Crippen LogP contribution in [0.15, 0.2) is 45.9 Å². The zero-order valence-corrected chi connectivity index (χ0v) is 19.5. The first-order chi connectivity index (χ1) is 13.1. The Kier molecular flexibility index (Phi) is 6.32. The number of anilines is 1. The van der Waals surface area contributed by atoms with E-state index < -0.39 is 10.0 Å². The van der Waals surface area contributed by atoms with Gasteiger partial charge in [0, 0.05) is 11.2 Å². The maximum atomic E-state index is 12.8. The first-order valence-electron chi connectivity index (χ1n) is 8.03. The maximum Gasteiger partial charge on any atom is 0.263 e. The Morgan fingerprint density at radius 1 is 1.04 bits per heavy atom. The second-order valence-electron chi connectivity index (χ2n) is 6.24. The summed E-state index contributed by atoms with van der Waals surface area (Å²) in [6.07, 6.45) is 1.68. The van der Waals surface area contributed by atoms with Gasteiger partial charge in [0.15, 0.2) is 5.82 Å². The molecule has 2 aromatic carbocycles. The summed E-state index contributed by atoms with van der Waals surface area (Å²) in [6.45, 7) is 3.84. The number of sulfonamides is 1. The van der Waals surface area contributed by atoms with E-state index >= 15 is 0 Å². The molecule has 0 fully saturated rings. The molecule has 0 saturated carbocycles. The van der Waals surface area contributed by atoms with E-state index in [1.54, 1.807) is 49.0 Å². The van der Waals surface area contributed by atoms with Gasteiger partial charge in [0.2, 0.25) is 0 Å². The molecule has 0 unspecified atom stereocenters. The molecule has 0 radical (unpaired) electrons. The second kappa shape index (κ2) is 8.24. The molecule has 0 saturated heterocycles. The highest BCUT2D eigenvalue weighted by molar-refractivity contribution is 9.10. The molecule has 0 spiro atoms. The van der Waals surface area contributed by atoms with Crippen LogP contribution in [-0.2, 0) is 16.6 Å². The molecule has 0 aliphatic rings. The van der Waals surface area contributed by atoms with Crippen LogP contribution >= 0.6 is 50.7 Å². The van der Waals surface area contributed by atoms with Crippen LogP contribution in [0.2, 0.25) is 15.1 Å². The van der Waals surface area contributed by atoms with Crippen LogP contribution in [0.4, 0.5) is 5.82 Å². The molecule has 3 aromatic rings. The minimum Gasteiger partial charge on any atom is -0.265 e. The van der Waals surface area contributed by atoms with Gasteiger partial charge < -0.3 is 0 Å². The normalized spacial score (nSPS) is 11.6. The molecule has 0 bridgehead atoms. The fourth-order valence-corrected chi connectivity index (χ4v) is 5.01. The van der Waals surface area contributed by atoms with Crippen molar-refractivity contribution in [2.24, 2.45) is 0 Å². The Morgan fingerprint density at radius 3 is 2.43 bits per heavy atom. The van der Waals surface area contributed by atoms with Crippen LogP contribution in [0.25, 0.3) is 0 Å². The fraction of sp³-hybridized carbons (Fsp3) is 0.167. The third-order valence-electron chi connectivity index (χ3n) is 4.02. The highest BCUT2D eigenvalue weighted by Crippen LogP contribution is 2.28. The predicted octanol–water partition coefficient (Wildman–Crippen LogP) is 6.07. The van der Waals surface area contributed by atoms with Crippen molar-refractivity contribution in [2.75, 3.05) is 4.72 Å². The number of nitrogens with zero attached hydrogens (tertiary/aromatic N) is 2. The molecule has 28 heavy (non-hydrogen) atoms. The SMILES string of the molecule is Cc1cc(S(=O)(=O)Nc2nn(Cc3ccc(Cl)c(Cl)c3)cc2Br)c(C)cc1Cl. The van der Waals surface area contributed by atoms with Crippen LogP contribution in [0.5, 0.6) is 0 Å². The molecular formula is C18H15BrCl3N3O2S. The molecule has 1 heterocycles. The van der Waals surface area contributed by atoms with Crippen molar-refractivity contribution in [2.45, 2.75) is 25.3 Å². The average molecular weight is 524 g/mol. The molecule has 1 aromatic heterocycles. The first kappa shape index (κ1) is 21.5. The summed E-state index contributed by atoms with van der Waals surface area (Å²) >= 11 is 21.4. The number of aromatic nitrogens is 2. The van der Waals surface area contributed by atoms with E-state index in [4.69, 9.17) is 34.8 Å². The highest BCUT2D eigenvalue weighted by atomic mass is 79.9. The second-order valence-corrected chi connectivity index (χ2v) is 9.97. The van der Waals surface area contributed by atoms with Gasteiger partial charge in [-0.2, -0.15) is 5.10 Å². The highest BCUT2D eigenvalue weighted by Gasteiger charge is 2.21. The average Bonchev–Trinajstić information content (AvgIpc) is 2.92. The van der Waals surface area contributed by atoms with E-state index in [1.807, 2.05) is 6.07 Å². The minimum absolute atomic E-state index is 0.153. The minimum atomic E-state index is -3.83. The first-order valence-corrected chi connectivity index (χ1v) is 11.4. The third kappa shape index (κ3) is 4.66. The van der Waals surface area contributed by atoms with E-state index in [-0.39, 0.29) is 10.7 Å². The van der Waals surface area contributed by atoms with Gasteiger partial charge in [-0.15, -0.1) is 0 Å². The lowest BCUT2D eigenvalue weighted by Gasteiger charge is -2.11. The molecule has 0 aliphatic carbocycles. The van der Waals surface area contributed by atoms with E-state index in [0.29, 0.717) is 37.2 Å². The summed E-state index contributed by atoms with van der Waals surface area (Å²) in [5.41, 5.74) is 2.11. The van der Waals surface area contributed by atoms with Crippen molar-refractivity contribution in [1.82, 2.24) is 9.78 Å². The Labute approximate surface area is 186 Å². The van der Waals surface area contributed by atoms with Gasteiger partial charge in [0.05, 0.1) is 26.0 Å². The van der Waals surface area contributed by atoms with Gasteiger partial charge in [-0.3, -0.25) is 9.40 Å². The van der Waals surface area contributed by atoms with Crippen molar-refractivity contribution in [3.8, 4) is 0 Å². The fourth-order valence-electron chi connectivity index (χ4n) is 2.60. The van der Waals surface area contributed by atoms with Crippen LogP contribution in [-0.4, -0.2) is 18.2 Å². The molecule has 148 valence electrons. The lowest BCUT2D eigenvalue weighted by atomic mass is 10.2. The standard InChI is InChI=1S/C18H15BrCl3N3O2S/c1-10-6-17(11(2)5-15(10)21)28(26,27)24-18-13(19)9-25(23-18)8-12-3-4-14(20)16(22)7-12/h3-7,9H,8H2,1-2H3,(H,23,24). The van der Waals surface area contributed by atoms with Crippen molar-refractivity contribution in [3.05, 3.63) is 72.8 Å². The number of benzene rings is 2. The topological polar surface area (TPSA) is 64.0 Å². The van der Waals surface area contributed by atoms with Gasteiger partial charge in [-0.05, 0) is 70.7 Å². The van der Waals surface area contributed by atoms with Crippen LogP contribution < -0.4 is 4.72 Å². The molecule has 0 atom stereocenters. The predicted molar refractivity (Wildman–Crippen MR) is 117 cm³/mol. The molecule has 5 nitrogen and oxygen atoms in total. The van der Waals surface area contributed by atoms with Crippen molar-refractivity contribution >= 4 is 66.6 Å². The zero-order chi connectivity index (χ0) is 20.6. The summed E-state index contributed by atoms with van der Waals surface area (Å²) in [6, 6.07) is 8.44. The lowest BCUT2D eigenvalue weighted by molar-refractivity contribution is 0.600. The number of halogens is 4. The number of hydrogen-bond donors (Lipinski definition) is 1. The smallest absolute Gasteiger partial charge is 0.263 e. The van der Waals surface area contributed by atoms with E-state index in [9.17, 15) is 8.42 Å². The number of nitrogens with one attached hydrogen (secondary N) is 1. The van der Waals surface area contributed by atoms with E-state index in [1.165, 1.54) is 0 Å². The van der Waals surface area contributed by atoms with Gasteiger partial charge >= 0.3 is 0 Å². The van der Waals surface area contributed by atoms with Crippen LogP contribution in [0.3, 0.4) is 0 Å². The van der Waals surface area contributed by atoms with Gasteiger partial charge in [-0.1, -0.05) is 40.9 Å². The van der Waals surface area contributed by atoms with Crippen molar-refractivity contribution in [1.29, 1.82) is 0 Å². The zero-order valence-electron chi connectivity index (χ0n) is 14.8. The van der Waals surface area contributed by atoms with E-state index in [0.717, 1.165) is 5.56 Å². The van der Waals surface area contributed by atoms with Crippen LogP contribution in [0, 0.1) is 13.8 Å². The molecular weight excluding hydrogens is 509 g/mol. The Morgan fingerprint density at radius 2 is 1.75 bits per heavy atom. The van der Waals surface area contributed by atoms with Crippen molar-refractivity contribution in [3.63, 3.8) is 0 Å². The van der Waals surface area contributed by atoms with Crippen molar-refractivity contribution < 1.29 is 8.42 Å². The summed E-state index contributed by atoms with van der Waals surface area (Å²) < 4.78 is 30.3. The molecule has 1 N–H and O–H groups in total. The molecule has 0 amide bonds. The Bertz CT molecular complexity index is 1160. The maximum absolute atomic E-state index is 12.8. The molecule has 0 aliphatic heterocycles.